The van der Waals surface area contributed by atoms with Crippen molar-refractivity contribution in [3.63, 3.8) is 0 Å². The molecule has 1 aromatic rings. The van der Waals surface area contributed by atoms with E-state index in [0.717, 1.165) is 6.42 Å². The summed E-state index contributed by atoms with van der Waals surface area (Å²) in [5.74, 6) is 0.256. The second kappa shape index (κ2) is 5.14. The lowest BCUT2D eigenvalue weighted by atomic mass is 10.5. The molecule has 0 bridgehead atoms. The van der Waals surface area contributed by atoms with Crippen LogP contribution < -0.4 is 16.3 Å². The highest BCUT2D eigenvalue weighted by Gasteiger charge is 2.02. The van der Waals surface area contributed by atoms with Crippen molar-refractivity contribution in [2.24, 2.45) is 7.05 Å². The van der Waals surface area contributed by atoms with E-state index < -0.39 is 5.69 Å². The molecule has 0 saturated carbocycles. The maximum Gasteiger partial charge on any atom is 0.349 e. The first kappa shape index (κ1) is 11.2. The molecule has 0 aliphatic carbocycles. The fourth-order valence-electron chi connectivity index (χ4n) is 0.934. The van der Waals surface area contributed by atoms with E-state index in [4.69, 9.17) is 0 Å². The van der Waals surface area contributed by atoms with Crippen LogP contribution in [0.25, 0.3) is 0 Å². The maximum atomic E-state index is 11.2. The Hall–Kier alpha value is -1.85. The molecule has 0 aliphatic heterocycles. The van der Waals surface area contributed by atoms with E-state index in [1.165, 1.54) is 4.57 Å². The van der Waals surface area contributed by atoms with Gasteiger partial charge in [0.15, 0.2) is 0 Å². The second-order valence-electron chi connectivity index (χ2n) is 3.09. The van der Waals surface area contributed by atoms with Crippen LogP contribution in [0.1, 0.15) is 13.3 Å². The van der Waals surface area contributed by atoms with Crippen LogP contribution in [0.3, 0.4) is 0 Å². The lowest BCUT2D eigenvalue weighted by molar-refractivity contribution is 0.252. The predicted molar refractivity (Wildman–Crippen MR) is 56.8 cm³/mol. The van der Waals surface area contributed by atoms with E-state index >= 15 is 0 Å². The van der Waals surface area contributed by atoms with E-state index in [1.54, 1.807) is 19.3 Å². The Morgan fingerprint density at radius 1 is 1.60 bits per heavy atom. The molecule has 6 heteroatoms. The Kier molecular flexibility index (Phi) is 3.84. The molecule has 1 aromatic heterocycles. The van der Waals surface area contributed by atoms with Crippen molar-refractivity contribution in [1.29, 1.82) is 0 Å². The second-order valence-corrected chi connectivity index (χ2v) is 3.09. The lowest BCUT2D eigenvalue weighted by Gasteiger charge is -2.05. The van der Waals surface area contributed by atoms with Crippen molar-refractivity contribution in [2.45, 2.75) is 13.3 Å². The van der Waals surface area contributed by atoms with Crippen molar-refractivity contribution >= 4 is 11.8 Å². The minimum atomic E-state index is -0.400. The monoisotopic (exact) mass is 210 g/mol. The number of nitrogens with zero attached hydrogens (tertiary/aromatic N) is 2. The summed E-state index contributed by atoms with van der Waals surface area (Å²) in [5.41, 5.74) is -0.400. The Balaban J connectivity index is 2.61. The van der Waals surface area contributed by atoms with Crippen LogP contribution in [-0.2, 0) is 7.05 Å². The molecule has 0 spiro atoms. The molecular weight excluding hydrogens is 196 g/mol. The van der Waals surface area contributed by atoms with Gasteiger partial charge in [-0.2, -0.15) is 4.98 Å². The van der Waals surface area contributed by atoms with E-state index in [2.05, 4.69) is 15.6 Å². The maximum absolute atomic E-state index is 11.2. The number of nitrogens with one attached hydrogen (secondary N) is 2. The highest BCUT2D eigenvalue weighted by atomic mass is 16.2. The number of hydrogen-bond acceptors (Lipinski definition) is 3. The number of carbonyl (C=O) groups is 1. The Bertz CT molecular complexity index is 399. The lowest BCUT2D eigenvalue weighted by Crippen LogP contribution is -2.31. The van der Waals surface area contributed by atoms with Crippen LogP contribution in [0, 0.1) is 0 Å². The Morgan fingerprint density at radius 2 is 2.33 bits per heavy atom. The van der Waals surface area contributed by atoms with Crippen LogP contribution in [0.4, 0.5) is 10.6 Å². The molecule has 15 heavy (non-hydrogen) atoms. The van der Waals surface area contributed by atoms with Gasteiger partial charge in [-0.25, -0.2) is 9.59 Å². The summed E-state index contributed by atoms with van der Waals surface area (Å²) in [5, 5.41) is 5.09. The van der Waals surface area contributed by atoms with Crippen molar-refractivity contribution in [2.75, 3.05) is 11.9 Å². The third kappa shape index (κ3) is 3.41. The van der Waals surface area contributed by atoms with Gasteiger partial charge in [-0.3, -0.25) is 5.32 Å². The number of hydrogen-bond donors (Lipinski definition) is 2. The van der Waals surface area contributed by atoms with E-state index in [-0.39, 0.29) is 11.8 Å². The summed E-state index contributed by atoms with van der Waals surface area (Å²) in [6.07, 6.45) is 2.40. The molecular formula is C9H14N4O2. The Labute approximate surface area is 87.3 Å². The largest absolute Gasteiger partial charge is 0.349 e. The van der Waals surface area contributed by atoms with Gasteiger partial charge in [0.1, 0.15) is 5.82 Å². The van der Waals surface area contributed by atoms with Crippen LogP contribution in [0.5, 0.6) is 0 Å². The van der Waals surface area contributed by atoms with Gasteiger partial charge in [0.2, 0.25) is 0 Å². The van der Waals surface area contributed by atoms with Crippen molar-refractivity contribution in [3.8, 4) is 0 Å². The zero-order chi connectivity index (χ0) is 11.3. The summed E-state index contributed by atoms with van der Waals surface area (Å²) in [7, 11) is 1.59. The number of amides is 2. The predicted octanol–water partition coefficient (Wildman–Crippen LogP) is 0.312. The third-order valence-electron chi connectivity index (χ3n) is 1.75. The summed E-state index contributed by atoms with van der Waals surface area (Å²) in [4.78, 5) is 26.0. The number of aryl methyl sites for hydroxylation is 1. The zero-order valence-corrected chi connectivity index (χ0v) is 8.78. The first-order chi connectivity index (χ1) is 7.13. The van der Waals surface area contributed by atoms with Gasteiger partial charge in [0, 0.05) is 19.8 Å². The van der Waals surface area contributed by atoms with Gasteiger partial charge in [0.25, 0.3) is 0 Å². The van der Waals surface area contributed by atoms with Gasteiger partial charge < -0.3 is 9.88 Å². The van der Waals surface area contributed by atoms with Crippen LogP contribution in [0.2, 0.25) is 0 Å². The third-order valence-corrected chi connectivity index (χ3v) is 1.75. The number of carbonyl (C=O) groups excluding carboxylic acids is 1. The normalized spacial score (nSPS) is 9.73. The average Bonchev–Trinajstić information content (AvgIpc) is 2.20. The molecule has 0 radical (unpaired) electrons. The van der Waals surface area contributed by atoms with Crippen molar-refractivity contribution < 1.29 is 4.79 Å². The van der Waals surface area contributed by atoms with Crippen LogP contribution in [0.15, 0.2) is 17.1 Å². The molecule has 2 amide bonds. The molecule has 0 atom stereocenters. The van der Waals surface area contributed by atoms with Crippen molar-refractivity contribution in [1.82, 2.24) is 14.9 Å². The van der Waals surface area contributed by atoms with E-state index in [9.17, 15) is 9.59 Å². The van der Waals surface area contributed by atoms with E-state index in [0.29, 0.717) is 6.54 Å². The van der Waals surface area contributed by atoms with Gasteiger partial charge in [-0.1, -0.05) is 6.92 Å². The topological polar surface area (TPSA) is 76.0 Å². The first-order valence-corrected chi connectivity index (χ1v) is 4.72. The molecule has 6 nitrogen and oxygen atoms in total. The summed E-state index contributed by atoms with van der Waals surface area (Å²) < 4.78 is 1.33. The molecule has 1 heterocycles. The summed E-state index contributed by atoms with van der Waals surface area (Å²) in [6.45, 7) is 2.55. The fraction of sp³-hybridized carbons (Fsp3) is 0.444. The number of rotatable bonds is 3. The standard InChI is InChI=1S/C9H14N4O2/c1-3-5-10-8(14)11-7-4-6-13(2)9(15)12-7/h4,6H,3,5H2,1-2H3,(H2,10,11,12,14,15). The quantitative estimate of drug-likeness (QED) is 0.754. The SMILES string of the molecule is CCCNC(=O)Nc1ccn(C)c(=O)n1. The summed E-state index contributed by atoms with van der Waals surface area (Å²) in [6, 6.07) is 1.21. The number of aromatic nitrogens is 2. The molecule has 0 unspecified atom stereocenters. The minimum absolute atomic E-state index is 0.256. The van der Waals surface area contributed by atoms with Gasteiger partial charge >= 0.3 is 11.7 Å². The van der Waals surface area contributed by atoms with Gasteiger partial charge in [-0.05, 0) is 12.5 Å². The molecule has 0 saturated heterocycles. The molecule has 0 aromatic carbocycles. The van der Waals surface area contributed by atoms with Crippen molar-refractivity contribution in [3.05, 3.63) is 22.7 Å². The first-order valence-electron chi connectivity index (χ1n) is 4.72. The Morgan fingerprint density at radius 3 is 2.93 bits per heavy atom. The van der Waals surface area contributed by atoms with Crippen LogP contribution >= 0.6 is 0 Å². The van der Waals surface area contributed by atoms with Gasteiger partial charge in [0.05, 0.1) is 0 Å². The highest BCUT2D eigenvalue weighted by Crippen LogP contribution is 1.95. The smallest absolute Gasteiger partial charge is 0.338 e. The minimum Gasteiger partial charge on any atom is -0.338 e. The molecule has 82 valence electrons. The summed E-state index contributed by atoms with van der Waals surface area (Å²) >= 11 is 0. The van der Waals surface area contributed by atoms with Gasteiger partial charge in [-0.15, -0.1) is 0 Å². The fourth-order valence-corrected chi connectivity index (χ4v) is 0.934. The highest BCUT2D eigenvalue weighted by molar-refractivity contribution is 5.87. The zero-order valence-electron chi connectivity index (χ0n) is 8.78. The van der Waals surface area contributed by atoms with Crippen LogP contribution in [-0.4, -0.2) is 22.1 Å². The molecule has 1 rings (SSSR count). The molecule has 0 aliphatic rings. The molecule has 2 N–H and O–H groups in total. The number of anilines is 1. The van der Waals surface area contributed by atoms with E-state index in [1.807, 2.05) is 6.92 Å². The molecule has 0 fully saturated rings. The average molecular weight is 210 g/mol. The number of urea groups is 1.